The van der Waals surface area contributed by atoms with Crippen molar-refractivity contribution in [1.82, 2.24) is 0 Å². The van der Waals surface area contributed by atoms with Gasteiger partial charge in [0.25, 0.3) is 0 Å². The summed E-state index contributed by atoms with van der Waals surface area (Å²) in [6.07, 6.45) is 0. The predicted molar refractivity (Wildman–Crippen MR) is 43.3 cm³/mol. The molecular formula is C8H8F2OS. The maximum Gasteiger partial charge on any atom is 0.139 e. The lowest BCUT2D eigenvalue weighted by Crippen LogP contribution is -1.98. The van der Waals surface area contributed by atoms with Gasteiger partial charge < -0.3 is 0 Å². The number of halogens is 2. The fourth-order valence-electron chi connectivity index (χ4n) is 0.807. The molecule has 0 spiro atoms. The SMILES string of the molecule is CCS(=O)c1cc(F)ccc1F. The zero-order valence-electron chi connectivity index (χ0n) is 6.51. The van der Waals surface area contributed by atoms with Crippen molar-refractivity contribution in [1.29, 1.82) is 0 Å². The average molecular weight is 190 g/mol. The molecule has 0 saturated heterocycles. The monoisotopic (exact) mass is 190 g/mol. The fraction of sp³-hybridized carbons (Fsp3) is 0.250. The van der Waals surface area contributed by atoms with Crippen LogP contribution in [0.1, 0.15) is 6.92 Å². The molecule has 4 heteroatoms. The molecule has 0 radical (unpaired) electrons. The van der Waals surface area contributed by atoms with E-state index in [1.54, 1.807) is 6.92 Å². The second kappa shape index (κ2) is 3.76. The third-order valence-corrected chi connectivity index (χ3v) is 2.73. The standard InChI is InChI=1S/C8H8F2OS/c1-2-12(11)8-5-6(9)3-4-7(8)10/h3-5H,2H2,1H3. The molecule has 1 aromatic rings. The van der Waals surface area contributed by atoms with Crippen molar-refractivity contribution in [3.05, 3.63) is 29.8 Å². The second-order valence-electron chi connectivity index (χ2n) is 2.21. The van der Waals surface area contributed by atoms with E-state index in [0.29, 0.717) is 5.75 Å². The lowest BCUT2D eigenvalue weighted by molar-refractivity contribution is 0.572. The number of hydrogen-bond acceptors (Lipinski definition) is 1. The van der Waals surface area contributed by atoms with Gasteiger partial charge in [0.05, 0.1) is 15.7 Å². The van der Waals surface area contributed by atoms with E-state index >= 15 is 0 Å². The van der Waals surface area contributed by atoms with Gasteiger partial charge in [0.1, 0.15) is 11.6 Å². The smallest absolute Gasteiger partial charge is 0.139 e. The number of rotatable bonds is 2. The minimum absolute atomic E-state index is 0.0579. The van der Waals surface area contributed by atoms with Crippen LogP contribution in [0.2, 0.25) is 0 Å². The van der Waals surface area contributed by atoms with Crippen LogP contribution in [-0.4, -0.2) is 9.96 Å². The first-order valence-electron chi connectivity index (χ1n) is 3.48. The third-order valence-electron chi connectivity index (χ3n) is 1.40. The normalized spacial score (nSPS) is 12.9. The first-order chi connectivity index (χ1) is 5.65. The van der Waals surface area contributed by atoms with Gasteiger partial charge in [-0.1, -0.05) is 6.92 Å². The van der Waals surface area contributed by atoms with E-state index in [1.165, 1.54) is 0 Å². The molecule has 0 fully saturated rings. The highest BCUT2D eigenvalue weighted by molar-refractivity contribution is 7.85. The third kappa shape index (κ3) is 1.88. The van der Waals surface area contributed by atoms with Crippen LogP contribution in [0.25, 0.3) is 0 Å². The van der Waals surface area contributed by atoms with Crippen molar-refractivity contribution in [2.24, 2.45) is 0 Å². The van der Waals surface area contributed by atoms with Crippen LogP contribution in [0, 0.1) is 11.6 Å². The Balaban J connectivity index is 3.13. The first-order valence-corrected chi connectivity index (χ1v) is 4.80. The Morgan fingerprint density at radius 1 is 1.42 bits per heavy atom. The molecule has 0 aliphatic rings. The van der Waals surface area contributed by atoms with Gasteiger partial charge in [-0.05, 0) is 18.2 Å². The maximum atomic E-state index is 12.8. The van der Waals surface area contributed by atoms with Crippen molar-refractivity contribution in [2.45, 2.75) is 11.8 Å². The van der Waals surface area contributed by atoms with Gasteiger partial charge in [-0.25, -0.2) is 8.78 Å². The second-order valence-corrected chi connectivity index (χ2v) is 3.92. The highest BCUT2D eigenvalue weighted by atomic mass is 32.2. The van der Waals surface area contributed by atoms with E-state index < -0.39 is 22.4 Å². The van der Waals surface area contributed by atoms with E-state index in [9.17, 15) is 13.0 Å². The molecule has 0 N–H and O–H groups in total. The molecule has 0 bridgehead atoms. The molecular weight excluding hydrogens is 182 g/mol. The molecule has 1 rings (SSSR count). The van der Waals surface area contributed by atoms with Gasteiger partial charge in [-0.3, -0.25) is 4.21 Å². The summed E-state index contributed by atoms with van der Waals surface area (Å²) >= 11 is 0. The first kappa shape index (κ1) is 9.32. The zero-order chi connectivity index (χ0) is 9.14. The van der Waals surface area contributed by atoms with Crippen molar-refractivity contribution in [2.75, 3.05) is 5.75 Å². The molecule has 0 saturated carbocycles. The molecule has 12 heavy (non-hydrogen) atoms. The predicted octanol–water partition coefficient (Wildman–Crippen LogP) is 2.09. The molecule has 0 aromatic heterocycles. The van der Waals surface area contributed by atoms with Crippen LogP contribution < -0.4 is 0 Å². The summed E-state index contributed by atoms with van der Waals surface area (Å²) in [7, 11) is -1.43. The van der Waals surface area contributed by atoms with E-state index in [1.807, 2.05) is 0 Å². The lowest BCUT2D eigenvalue weighted by atomic mass is 10.3. The summed E-state index contributed by atoms with van der Waals surface area (Å²) < 4.78 is 36.5. The molecule has 0 amide bonds. The highest BCUT2D eigenvalue weighted by Gasteiger charge is 2.08. The Kier molecular flexibility index (Phi) is 2.92. The maximum absolute atomic E-state index is 12.8. The average Bonchev–Trinajstić information content (AvgIpc) is 2.08. The van der Waals surface area contributed by atoms with Gasteiger partial charge >= 0.3 is 0 Å². The molecule has 66 valence electrons. The molecule has 0 aliphatic carbocycles. The van der Waals surface area contributed by atoms with Gasteiger partial charge in [0.2, 0.25) is 0 Å². The summed E-state index contributed by atoms with van der Waals surface area (Å²) in [6.45, 7) is 1.65. The van der Waals surface area contributed by atoms with Crippen LogP contribution in [0.3, 0.4) is 0 Å². The molecule has 1 aromatic carbocycles. The number of benzene rings is 1. The van der Waals surface area contributed by atoms with Crippen molar-refractivity contribution >= 4 is 10.8 Å². The lowest BCUT2D eigenvalue weighted by Gasteiger charge is -1.99. The fourth-order valence-corrected chi connectivity index (χ4v) is 1.65. The van der Waals surface area contributed by atoms with Crippen molar-refractivity contribution in [3.8, 4) is 0 Å². The van der Waals surface area contributed by atoms with Gasteiger partial charge in [-0.2, -0.15) is 0 Å². The quantitative estimate of drug-likeness (QED) is 0.698. The summed E-state index contributed by atoms with van der Waals surface area (Å²) in [6, 6.07) is 2.96. The molecule has 0 aliphatic heterocycles. The van der Waals surface area contributed by atoms with Crippen LogP contribution in [0.5, 0.6) is 0 Å². The Morgan fingerprint density at radius 2 is 2.08 bits per heavy atom. The van der Waals surface area contributed by atoms with Crippen LogP contribution in [0.4, 0.5) is 8.78 Å². The van der Waals surface area contributed by atoms with Gasteiger partial charge in [-0.15, -0.1) is 0 Å². The van der Waals surface area contributed by atoms with Crippen molar-refractivity contribution < 1.29 is 13.0 Å². The number of hydrogen-bond donors (Lipinski definition) is 0. The largest absolute Gasteiger partial charge is 0.254 e. The summed E-state index contributed by atoms with van der Waals surface area (Å²) in [5, 5.41) is 0. The van der Waals surface area contributed by atoms with E-state index in [4.69, 9.17) is 0 Å². The summed E-state index contributed by atoms with van der Waals surface area (Å²) in [5.74, 6) is -0.884. The van der Waals surface area contributed by atoms with Crippen LogP contribution in [-0.2, 0) is 10.8 Å². The topological polar surface area (TPSA) is 17.1 Å². The summed E-state index contributed by atoms with van der Waals surface area (Å²) in [5.41, 5.74) is 0. The van der Waals surface area contributed by atoms with Gasteiger partial charge in [0, 0.05) is 5.75 Å². The van der Waals surface area contributed by atoms with E-state index in [2.05, 4.69) is 0 Å². The highest BCUT2D eigenvalue weighted by Crippen LogP contribution is 2.13. The van der Waals surface area contributed by atoms with Gasteiger partial charge in [0.15, 0.2) is 0 Å². The van der Waals surface area contributed by atoms with Crippen LogP contribution in [0.15, 0.2) is 23.1 Å². The van der Waals surface area contributed by atoms with E-state index in [-0.39, 0.29) is 4.90 Å². The molecule has 1 unspecified atom stereocenters. The van der Waals surface area contributed by atoms with Crippen molar-refractivity contribution in [3.63, 3.8) is 0 Å². The zero-order valence-corrected chi connectivity index (χ0v) is 7.33. The molecule has 1 atom stereocenters. The Bertz CT molecular complexity index is 312. The summed E-state index contributed by atoms with van der Waals surface area (Å²) in [4.78, 5) is -0.0579. The Hall–Kier alpha value is -0.770. The Morgan fingerprint density at radius 3 is 2.67 bits per heavy atom. The van der Waals surface area contributed by atoms with Crippen LogP contribution >= 0.6 is 0 Å². The molecule has 1 nitrogen and oxygen atoms in total. The Labute approximate surface area is 71.9 Å². The molecule has 0 heterocycles. The minimum Gasteiger partial charge on any atom is -0.254 e. The minimum atomic E-state index is -1.43. The van der Waals surface area contributed by atoms with E-state index in [0.717, 1.165) is 18.2 Å².